The Morgan fingerprint density at radius 1 is 1.00 bits per heavy atom. The molecular formula is C23H30N2O8S. The number of carbonyl (C=O) groups is 2. The van der Waals surface area contributed by atoms with E-state index in [-0.39, 0.29) is 30.2 Å². The first-order valence-electron chi connectivity index (χ1n) is 10.5. The van der Waals surface area contributed by atoms with Crippen molar-refractivity contribution in [1.29, 1.82) is 0 Å². The molecule has 2 aromatic rings. The van der Waals surface area contributed by atoms with E-state index in [2.05, 4.69) is 0 Å². The van der Waals surface area contributed by atoms with Crippen molar-refractivity contribution in [2.24, 2.45) is 5.92 Å². The van der Waals surface area contributed by atoms with Gasteiger partial charge in [-0.05, 0) is 23.3 Å². The molecule has 0 aromatic heterocycles. The highest BCUT2D eigenvalue weighted by Gasteiger charge is 2.23. The number of aliphatic hydroxyl groups is 1. The van der Waals surface area contributed by atoms with E-state index < -0.39 is 34.4 Å². The minimum absolute atomic E-state index is 0.0851. The SMILES string of the molecule is CC(C)C(=O)Oc1cc(C(O)CN(C)C(=O)OCc2ccccc2)ccc1OS(=O)(=O)N(C)C. The van der Waals surface area contributed by atoms with E-state index in [1.165, 1.54) is 44.2 Å². The molecule has 34 heavy (non-hydrogen) atoms. The van der Waals surface area contributed by atoms with Gasteiger partial charge in [-0.1, -0.05) is 50.2 Å². The lowest BCUT2D eigenvalue weighted by atomic mass is 10.1. The zero-order valence-corrected chi connectivity index (χ0v) is 20.6. The fourth-order valence-corrected chi connectivity index (χ4v) is 3.08. The van der Waals surface area contributed by atoms with Crippen molar-refractivity contribution in [3.05, 3.63) is 59.7 Å². The van der Waals surface area contributed by atoms with Crippen molar-refractivity contribution >= 4 is 22.4 Å². The minimum atomic E-state index is -4.11. The van der Waals surface area contributed by atoms with Crippen molar-refractivity contribution in [3.8, 4) is 11.5 Å². The van der Waals surface area contributed by atoms with Gasteiger partial charge >= 0.3 is 22.4 Å². The third kappa shape index (κ3) is 7.72. The van der Waals surface area contributed by atoms with Crippen molar-refractivity contribution in [3.63, 3.8) is 0 Å². The summed E-state index contributed by atoms with van der Waals surface area (Å²) in [4.78, 5) is 25.6. The van der Waals surface area contributed by atoms with Crippen molar-refractivity contribution in [2.45, 2.75) is 26.6 Å². The third-order valence-electron chi connectivity index (χ3n) is 4.64. The molecule has 0 saturated heterocycles. The predicted molar refractivity (Wildman–Crippen MR) is 124 cm³/mol. The van der Waals surface area contributed by atoms with Gasteiger partial charge in [0.05, 0.1) is 18.6 Å². The summed E-state index contributed by atoms with van der Waals surface area (Å²) < 4.78 is 40.7. The van der Waals surface area contributed by atoms with Gasteiger partial charge in [-0.15, -0.1) is 0 Å². The molecule has 0 spiro atoms. The number of ether oxygens (including phenoxy) is 2. The van der Waals surface area contributed by atoms with Crippen LogP contribution in [0.3, 0.4) is 0 Å². The average molecular weight is 495 g/mol. The van der Waals surface area contributed by atoms with Gasteiger partial charge in [0, 0.05) is 21.1 Å². The van der Waals surface area contributed by atoms with Gasteiger partial charge in [0.2, 0.25) is 0 Å². The van der Waals surface area contributed by atoms with E-state index in [0.717, 1.165) is 9.87 Å². The largest absolute Gasteiger partial charge is 0.445 e. The number of nitrogens with zero attached hydrogens (tertiary/aromatic N) is 2. The van der Waals surface area contributed by atoms with Crippen LogP contribution < -0.4 is 8.92 Å². The summed E-state index contributed by atoms with van der Waals surface area (Å²) in [5, 5.41) is 10.6. The van der Waals surface area contributed by atoms with Crippen LogP contribution >= 0.6 is 0 Å². The van der Waals surface area contributed by atoms with E-state index in [1.807, 2.05) is 30.3 Å². The number of carbonyl (C=O) groups excluding carboxylic acids is 2. The average Bonchev–Trinajstić information content (AvgIpc) is 2.78. The number of rotatable bonds is 10. The molecule has 0 fully saturated rings. The molecular weight excluding hydrogens is 464 g/mol. The molecule has 1 N–H and O–H groups in total. The van der Waals surface area contributed by atoms with E-state index in [1.54, 1.807) is 13.8 Å². The molecule has 11 heteroatoms. The zero-order valence-electron chi connectivity index (χ0n) is 19.8. The molecule has 2 rings (SSSR count). The van der Waals surface area contributed by atoms with Crippen molar-refractivity contribution in [1.82, 2.24) is 9.21 Å². The summed E-state index contributed by atoms with van der Waals surface area (Å²) in [5.74, 6) is -1.48. The molecule has 0 aliphatic carbocycles. The highest BCUT2D eigenvalue weighted by Crippen LogP contribution is 2.33. The second kappa shape index (κ2) is 11.8. The Bertz CT molecular complexity index is 1090. The third-order valence-corrected chi connectivity index (χ3v) is 5.93. The summed E-state index contributed by atoms with van der Waals surface area (Å²) in [6.07, 6.45) is -1.81. The van der Waals surface area contributed by atoms with Gasteiger partial charge in [-0.25, -0.2) is 4.79 Å². The molecule has 10 nitrogen and oxygen atoms in total. The van der Waals surface area contributed by atoms with Crippen LogP contribution in [0.25, 0.3) is 0 Å². The Kier molecular flexibility index (Phi) is 9.42. The number of benzene rings is 2. The van der Waals surface area contributed by atoms with Crippen LogP contribution in [0.5, 0.6) is 11.5 Å². The molecule has 0 saturated carbocycles. The van der Waals surface area contributed by atoms with Gasteiger partial charge in [0.15, 0.2) is 11.5 Å². The predicted octanol–water partition coefficient (Wildman–Crippen LogP) is 2.74. The maximum atomic E-state index is 12.3. The standard InChI is InChI=1S/C23H30N2O8S/c1-16(2)22(27)32-21-13-18(11-12-20(21)33-34(29,30)24(3)4)19(26)14-25(5)23(28)31-15-17-9-7-6-8-10-17/h6-13,16,19,26H,14-15H2,1-5H3. The first-order valence-corrected chi connectivity index (χ1v) is 11.8. The lowest BCUT2D eigenvalue weighted by Gasteiger charge is -2.22. The van der Waals surface area contributed by atoms with Crippen LogP contribution in [0.15, 0.2) is 48.5 Å². The first kappa shape index (κ1) is 27.1. The highest BCUT2D eigenvalue weighted by atomic mass is 32.2. The van der Waals surface area contributed by atoms with Crippen LogP contribution in [0.4, 0.5) is 4.79 Å². The van der Waals surface area contributed by atoms with E-state index in [0.29, 0.717) is 0 Å². The van der Waals surface area contributed by atoms with Crippen molar-refractivity contribution < 1.29 is 36.8 Å². The van der Waals surface area contributed by atoms with E-state index in [4.69, 9.17) is 13.7 Å². The van der Waals surface area contributed by atoms with Gasteiger partial charge in [0.1, 0.15) is 6.61 Å². The zero-order chi connectivity index (χ0) is 25.5. The van der Waals surface area contributed by atoms with Crippen LogP contribution in [-0.2, 0) is 26.4 Å². The van der Waals surface area contributed by atoms with E-state index >= 15 is 0 Å². The maximum absolute atomic E-state index is 12.3. The molecule has 1 atom stereocenters. The number of esters is 1. The Morgan fingerprint density at radius 2 is 1.65 bits per heavy atom. The van der Waals surface area contributed by atoms with Crippen LogP contribution in [0, 0.1) is 5.92 Å². The Balaban J connectivity index is 2.16. The molecule has 0 aliphatic heterocycles. The molecule has 0 bridgehead atoms. The second-order valence-corrected chi connectivity index (χ2v) is 9.79. The molecule has 2 aromatic carbocycles. The molecule has 0 heterocycles. The smallest absolute Gasteiger partial charge is 0.409 e. The quantitative estimate of drug-likeness (QED) is 0.395. The summed E-state index contributed by atoms with van der Waals surface area (Å²) in [6.45, 7) is 3.20. The summed E-state index contributed by atoms with van der Waals surface area (Å²) >= 11 is 0. The maximum Gasteiger partial charge on any atom is 0.409 e. The molecule has 0 radical (unpaired) electrons. The molecule has 1 amide bonds. The second-order valence-electron chi connectivity index (χ2n) is 8.04. The molecule has 186 valence electrons. The number of likely N-dealkylation sites (N-methyl/N-ethyl adjacent to an activating group) is 1. The van der Waals surface area contributed by atoms with Crippen molar-refractivity contribution in [2.75, 3.05) is 27.7 Å². The van der Waals surface area contributed by atoms with Crippen LogP contribution in [0.1, 0.15) is 31.1 Å². The summed E-state index contributed by atoms with van der Waals surface area (Å²) in [5.41, 5.74) is 1.11. The fraction of sp³-hybridized carbons (Fsp3) is 0.391. The number of aliphatic hydroxyl groups excluding tert-OH is 1. The topological polar surface area (TPSA) is 123 Å². The van der Waals surface area contributed by atoms with Gasteiger partial charge < -0.3 is 23.7 Å². The minimum Gasteiger partial charge on any atom is -0.445 e. The highest BCUT2D eigenvalue weighted by molar-refractivity contribution is 7.84. The lowest BCUT2D eigenvalue weighted by molar-refractivity contribution is -0.137. The first-order chi connectivity index (χ1) is 15.9. The van der Waals surface area contributed by atoms with E-state index in [9.17, 15) is 23.1 Å². The Labute approximate surface area is 199 Å². The Hall–Kier alpha value is -3.15. The number of hydrogen-bond donors (Lipinski definition) is 1. The normalized spacial score (nSPS) is 12.4. The van der Waals surface area contributed by atoms with Crippen LogP contribution in [0.2, 0.25) is 0 Å². The Morgan fingerprint density at radius 3 is 2.24 bits per heavy atom. The number of hydrogen-bond acceptors (Lipinski definition) is 8. The van der Waals surface area contributed by atoms with Gasteiger partial charge in [-0.2, -0.15) is 12.7 Å². The summed E-state index contributed by atoms with van der Waals surface area (Å²) in [7, 11) is -0.0594. The van der Waals surface area contributed by atoms with Gasteiger partial charge in [0.25, 0.3) is 0 Å². The lowest BCUT2D eigenvalue weighted by Crippen LogP contribution is -2.31. The molecule has 0 aliphatic rings. The summed E-state index contributed by atoms with van der Waals surface area (Å²) in [6, 6.07) is 13.2. The fourth-order valence-electron chi connectivity index (χ4n) is 2.56. The van der Waals surface area contributed by atoms with Crippen LogP contribution in [-0.4, -0.2) is 62.5 Å². The monoisotopic (exact) mass is 494 g/mol. The van der Waals surface area contributed by atoms with Gasteiger partial charge in [-0.3, -0.25) is 4.79 Å². The number of amides is 1. The molecule has 1 unspecified atom stereocenters.